The first-order chi connectivity index (χ1) is 8.22. The number of benzene rings is 1. The molecular formula is C14H15NO2. The number of ketones is 2. The molecule has 0 N–H and O–H groups in total. The van der Waals surface area contributed by atoms with Crippen molar-refractivity contribution in [3.05, 3.63) is 47.7 Å². The zero-order valence-corrected chi connectivity index (χ0v) is 9.85. The molecule has 3 heteroatoms. The topological polar surface area (TPSA) is 37.4 Å². The summed E-state index contributed by atoms with van der Waals surface area (Å²) in [6.45, 7) is 3.54. The standard InChI is InChI=1S/C14H15NO2/c1-2-15-9-8-13(16)12(10-15)14(17)11-6-4-3-5-7-11/h3-7,10H,2,8-9H2,1H3. The van der Waals surface area contributed by atoms with Crippen LogP contribution in [-0.4, -0.2) is 29.6 Å². The van der Waals surface area contributed by atoms with E-state index in [4.69, 9.17) is 0 Å². The van der Waals surface area contributed by atoms with Crippen molar-refractivity contribution in [3.8, 4) is 0 Å². The first-order valence-corrected chi connectivity index (χ1v) is 5.81. The van der Waals surface area contributed by atoms with Gasteiger partial charge in [-0.3, -0.25) is 9.59 Å². The zero-order valence-electron chi connectivity index (χ0n) is 9.85. The van der Waals surface area contributed by atoms with Crippen LogP contribution in [0.5, 0.6) is 0 Å². The summed E-state index contributed by atoms with van der Waals surface area (Å²) in [5.41, 5.74) is 0.884. The van der Waals surface area contributed by atoms with Gasteiger partial charge in [-0.05, 0) is 6.92 Å². The minimum Gasteiger partial charge on any atom is -0.376 e. The van der Waals surface area contributed by atoms with Crippen LogP contribution in [-0.2, 0) is 4.79 Å². The van der Waals surface area contributed by atoms with Crippen molar-refractivity contribution >= 4 is 11.6 Å². The number of Topliss-reactive ketones (excluding diaryl/α,β-unsaturated/α-hetero) is 2. The Morgan fingerprint density at radius 3 is 2.65 bits per heavy atom. The fourth-order valence-electron chi connectivity index (χ4n) is 1.88. The molecule has 3 nitrogen and oxygen atoms in total. The SMILES string of the molecule is CCN1C=C(C(=O)c2ccccc2)C(=O)CC1. The molecule has 1 aromatic carbocycles. The second-order valence-electron chi connectivity index (χ2n) is 4.04. The smallest absolute Gasteiger partial charge is 0.198 e. The molecular weight excluding hydrogens is 214 g/mol. The molecule has 0 spiro atoms. The highest BCUT2D eigenvalue weighted by Gasteiger charge is 2.24. The van der Waals surface area contributed by atoms with E-state index in [-0.39, 0.29) is 11.6 Å². The highest BCUT2D eigenvalue weighted by Crippen LogP contribution is 2.16. The molecule has 0 unspecified atom stereocenters. The maximum atomic E-state index is 12.2. The molecule has 0 aliphatic carbocycles. The summed E-state index contributed by atoms with van der Waals surface area (Å²) in [5.74, 6) is -0.225. The summed E-state index contributed by atoms with van der Waals surface area (Å²) >= 11 is 0. The normalized spacial score (nSPS) is 15.7. The van der Waals surface area contributed by atoms with Gasteiger partial charge in [0.1, 0.15) is 0 Å². The number of carbonyl (C=O) groups excluding carboxylic acids is 2. The second kappa shape index (κ2) is 4.95. The molecule has 88 valence electrons. The van der Waals surface area contributed by atoms with Gasteiger partial charge in [0.15, 0.2) is 11.6 Å². The summed E-state index contributed by atoms with van der Waals surface area (Å²) in [7, 11) is 0. The third kappa shape index (κ3) is 2.44. The molecule has 0 amide bonds. The molecule has 1 aromatic rings. The van der Waals surface area contributed by atoms with Crippen molar-refractivity contribution in [2.24, 2.45) is 0 Å². The van der Waals surface area contributed by atoms with Crippen LogP contribution in [0.3, 0.4) is 0 Å². The van der Waals surface area contributed by atoms with E-state index in [0.29, 0.717) is 24.1 Å². The fraction of sp³-hybridized carbons (Fsp3) is 0.286. The molecule has 1 aliphatic heterocycles. The summed E-state index contributed by atoms with van der Waals surface area (Å²) in [6.07, 6.45) is 2.12. The van der Waals surface area contributed by atoms with Gasteiger partial charge >= 0.3 is 0 Å². The van der Waals surface area contributed by atoms with Gasteiger partial charge < -0.3 is 4.90 Å². The molecule has 0 saturated heterocycles. The number of hydrogen-bond donors (Lipinski definition) is 0. The van der Waals surface area contributed by atoms with Gasteiger partial charge in [-0.15, -0.1) is 0 Å². The van der Waals surface area contributed by atoms with Gasteiger partial charge in [0, 0.05) is 31.3 Å². The van der Waals surface area contributed by atoms with Crippen molar-refractivity contribution in [3.63, 3.8) is 0 Å². The van der Waals surface area contributed by atoms with E-state index in [1.54, 1.807) is 30.5 Å². The summed E-state index contributed by atoms with van der Waals surface area (Å²) in [5, 5.41) is 0. The van der Waals surface area contributed by atoms with Gasteiger partial charge in [0.05, 0.1) is 5.57 Å². The number of nitrogens with zero attached hydrogens (tertiary/aromatic N) is 1. The van der Waals surface area contributed by atoms with Gasteiger partial charge in [-0.2, -0.15) is 0 Å². The lowest BCUT2D eigenvalue weighted by molar-refractivity contribution is -0.116. The molecule has 2 rings (SSSR count). The molecule has 1 aliphatic rings. The van der Waals surface area contributed by atoms with Crippen LogP contribution in [0.25, 0.3) is 0 Å². The third-order valence-electron chi connectivity index (χ3n) is 2.92. The van der Waals surface area contributed by atoms with Crippen molar-refractivity contribution < 1.29 is 9.59 Å². The number of allylic oxidation sites excluding steroid dienone is 1. The predicted molar refractivity (Wildman–Crippen MR) is 65.7 cm³/mol. The summed E-state index contributed by atoms with van der Waals surface area (Å²) < 4.78 is 0. The average Bonchev–Trinajstić information content (AvgIpc) is 2.39. The van der Waals surface area contributed by atoms with Gasteiger partial charge in [-0.25, -0.2) is 0 Å². The van der Waals surface area contributed by atoms with Crippen LogP contribution >= 0.6 is 0 Å². The van der Waals surface area contributed by atoms with E-state index >= 15 is 0 Å². The molecule has 0 bridgehead atoms. The first kappa shape index (κ1) is 11.6. The van der Waals surface area contributed by atoms with Crippen molar-refractivity contribution in [1.29, 1.82) is 0 Å². The summed E-state index contributed by atoms with van der Waals surface area (Å²) in [4.78, 5) is 25.9. The van der Waals surface area contributed by atoms with E-state index in [0.717, 1.165) is 6.54 Å². The van der Waals surface area contributed by atoms with Crippen LogP contribution in [0.4, 0.5) is 0 Å². The first-order valence-electron chi connectivity index (χ1n) is 5.81. The van der Waals surface area contributed by atoms with Crippen LogP contribution in [0, 0.1) is 0 Å². The number of carbonyl (C=O) groups is 2. The minimum absolute atomic E-state index is 0.0523. The lowest BCUT2D eigenvalue weighted by atomic mass is 9.97. The molecule has 0 radical (unpaired) electrons. The van der Waals surface area contributed by atoms with Gasteiger partial charge in [-0.1, -0.05) is 30.3 Å². The van der Waals surface area contributed by atoms with E-state index in [1.807, 2.05) is 17.9 Å². The molecule has 1 heterocycles. The Balaban J connectivity index is 2.30. The number of hydrogen-bond acceptors (Lipinski definition) is 3. The van der Waals surface area contributed by atoms with Gasteiger partial charge in [0.25, 0.3) is 0 Å². The highest BCUT2D eigenvalue weighted by molar-refractivity contribution is 6.26. The Kier molecular flexibility index (Phi) is 3.38. The molecule has 17 heavy (non-hydrogen) atoms. The Hall–Kier alpha value is -1.90. The third-order valence-corrected chi connectivity index (χ3v) is 2.92. The summed E-state index contributed by atoms with van der Waals surface area (Å²) in [6, 6.07) is 8.94. The van der Waals surface area contributed by atoms with Crippen molar-refractivity contribution in [2.75, 3.05) is 13.1 Å². The Morgan fingerprint density at radius 2 is 2.00 bits per heavy atom. The zero-order chi connectivity index (χ0) is 12.3. The van der Waals surface area contributed by atoms with Crippen molar-refractivity contribution in [1.82, 2.24) is 4.90 Å². The van der Waals surface area contributed by atoms with Crippen LogP contribution in [0.15, 0.2) is 42.1 Å². The average molecular weight is 229 g/mol. The van der Waals surface area contributed by atoms with Crippen LogP contribution in [0.2, 0.25) is 0 Å². The molecule has 0 fully saturated rings. The molecule has 0 aromatic heterocycles. The van der Waals surface area contributed by atoms with Crippen LogP contribution in [0.1, 0.15) is 23.7 Å². The second-order valence-corrected chi connectivity index (χ2v) is 4.04. The maximum absolute atomic E-state index is 12.2. The van der Waals surface area contributed by atoms with Crippen molar-refractivity contribution in [2.45, 2.75) is 13.3 Å². The lowest BCUT2D eigenvalue weighted by Crippen LogP contribution is -2.30. The Bertz CT molecular complexity index is 462. The van der Waals surface area contributed by atoms with Gasteiger partial charge in [0.2, 0.25) is 0 Å². The Morgan fingerprint density at radius 1 is 1.29 bits per heavy atom. The predicted octanol–water partition coefficient (Wildman–Crippen LogP) is 2.05. The Labute approximate surface area is 101 Å². The molecule has 0 saturated carbocycles. The van der Waals surface area contributed by atoms with E-state index in [1.165, 1.54) is 0 Å². The largest absolute Gasteiger partial charge is 0.376 e. The minimum atomic E-state index is -0.172. The van der Waals surface area contributed by atoms with E-state index in [2.05, 4.69) is 0 Å². The lowest BCUT2D eigenvalue weighted by Gasteiger charge is -2.23. The van der Waals surface area contributed by atoms with E-state index in [9.17, 15) is 9.59 Å². The monoisotopic (exact) mass is 229 g/mol. The quantitative estimate of drug-likeness (QED) is 0.588. The highest BCUT2D eigenvalue weighted by atomic mass is 16.1. The van der Waals surface area contributed by atoms with E-state index < -0.39 is 0 Å². The molecule has 0 atom stereocenters. The maximum Gasteiger partial charge on any atom is 0.198 e. The fourth-order valence-corrected chi connectivity index (χ4v) is 1.88. The van der Waals surface area contributed by atoms with Crippen LogP contribution < -0.4 is 0 Å². The number of rotatable bonds is 3.